The monoisotopic (exact) mass is 367 g/mol. The van der Waals surface area contributed by atoms with Crippen LogP contribution in [0, 0.1) is 0 Å². The normalized spacial score (nSPS) is 16.9. The molecule has 1 aliphatic rings. The SMILES string of the molecule is CCNC(=NCCS(=O)(=O)c1ccccc1)N1CCC(OCC)CC1. The van der Waals surface area contributed by atoms with Crippen LogP contribution in [0.5, 0.6) is 0 Å². The van der Waals surface area contributed by atoms with E-state index >= 15 is 0 Å². The molecule has 1 aromatic rings. The number of hydrogen-bond acceptors (Lipinski definition) is 4. The molecule has 6 nitrogen and oxygen atoms in total. The van der Waals surface area contributed by atoms with Crippen molar-refractivity contribution >= 4 is 15.8 Å². The number of ether oxygens (including phenoxy) is 1. The predicted octanol–water partition coefficient (Wildman–Crippen LogP) is 1.93. The summed E-state index contributed by atoms with van der Waals surface area (Å²) in [5.41, 5.74) is 0. The Hall–Kier alpha value is -1.60. The van der Waals surface area contributed by atoms with Crippen molar-refractivity contribution in [1.29, 1.82) is 0 Å². The van der Waals surface area contributed by atoms with E-state index in [1.54, 1.807) is 24.3 Å². The van der Waals surface area contributed by atoms with E-state index in [0.717, 1.165) is 45.0 Å². The second-order valence-corrected chi connectivity index (χ2v) is 8.12. The molecule has 0 bridgehead atoms. The number of benzene rings is 1. The molecule has 1 aromatic carbocycles. The average Bonchev–Trinajstić information content (AvgIpc) is 2.63. The minimum absolute atomic E-state index is 0.0152. The van der Waals surface area contributed by atoms with Crippen molar-refractivity contribution in [2.24, 2.45) is 4.99 Å². The van der Waals surface area contributed by atoms with Gasteiger partial charge in [-0.1, -0.05) is 18.2 Å². The van der Waals surface area contributed by atoms with Crippen LogP contribution in [0.15, 0.2) is 40.2 Å². The molecule has 1 heterocycles. The lowest BCUT2D eigenvalue weighted by Gasteiger charge is -2.34. The van der Waals surface area contributed by atoms with Gasteiger partial charge in [0.15, 0.2) is 15.8 Å². The molecule has 7 heteroatoms. The Labute approximate surface area is 151 Å². The molecule has 1 saturated heterocycles. The van der Waals surface area contributed by atoms with Crippen LogP contribution in [0.2, 0.25) is 0 Å². The standard InChI is InChI=1S/C18H29N3O3S/c1-3-19-18(21-13-10-16(11-14-21)24-4-2)20-12-15-25(22,23)17-8-6-5-7-9-17/h5-9,16H,3-4,10-15H2,1-2H3,(H,19,20). The Kier molecular flexibility index (Phi) is 7.71. The molecule has 1 fully saturated rings. The predicted molar refractivity (Wildman–Crippen MR) is 101 cm³/mol. The van der Waals surface area contributed by atoms with Gasteiger partial charge in [0.05, 0.1) is 23.3 Å². The topological polar surface area (TPSA) is 71.0 Å². The lowest BCUT2D eigenvalue weighted by Crippen LogP contribution is -2.47. The Bertz CT molecular complexity index is 639. The quantitative estimate of drug-likeness (QED) is 0.589. The molecule has 0 spiro atoms. The van der Waals surface area contributed by atoms with Gasteiger partial charge in [-0.3, -0.25) is 4.99 Å². The first-order valence-electron chi connectivity index (χ1n) is 8.99. The number of guanidine groups is 1. The molecule has 1 aliphatic heterocycles. The van der Waals surface area contributed by atoms with Gasteiger partial charge in [-0.05, 0) is 38.8 Å². The summed E-state index contributed by atoms with van der Waals surface area (Å²) in [5, 5.41) is 3.27. The van der Waals surface area contributed by atoms with E-state index in [1.165, 1.54) is 0 Å². The minimum Gasteiger partial charge on any atom is -0.378 e. The number of sulfone groups is 1. The minimum atomic E-state index is -3.29. The molecular weight excluding hydrogens is 338 g/mol. The molecule has 0 saturated carbocycles. The Morgan fingerprint density at radius 2 is 1.92 bits per heavy atom. The molecule has 0 aromatic heterocycles. The summed E-state index contributed by atoms with van der Waals surface area (Å²) in [6.07, 6.45) is 2.27. The highest BCUT2D eigenvalue weighted by Crippen LogP contribution is 2.14. The Balaban J connectivity index is 1.94. The molecule has 2 rings (SSSR count). The number of likely N-dealkylation sites (tertiary alicyclic amines) is 1. The first-order valence-corrected chi connectivity index (χ1v) is 10.6. The summed E-state index contributed by atoms with van der Waals surface area (Å²) in [6, 6.07) is 8.54. The van der Waals surface area contributed by atoms with E-state index < -0.39 is 9.84 Å². The third-order valence-corrected chi connectivity index (χ3v) is 5.91. The zero-order valence-electron chi connectivity index (χ0n) is 15.1. The molecule has 0 unspecified atom stereocenters. The number of hydrogen-bond donors (Lipinski definition) is 1. The van der Waals surface area contributed by atoms with E-state index in [2.05, 4.69) is 15.2 Å². The maximum absolute atomic E-state index is 12.3. The third-order valence-electron chi connectivity index (χ3n) is 4.20. The van der Waals surface area contributed by atoms with Crippen LogP contribution in [0.1, 0.15) is 26.7 Å². The molecule has 140 valence electrons. The van der Waals surface area contributed by atoms with Crippen LogP contribution in [0.4, 0.5) is 0 Å². The molecule has 0 aliphatic carbocycles. The van der Waals surface area contributed by atoms with Crippen LogP contribution in [-0.2, 0) is 14.6 Å². The van der Waals surface area contributed by atoms with Crippen molar-refractivity contribution in [3.8, 4) is 0 Å². The number of rotatable bonds is 7. The van der Waals surface area contributed by atoms with Crippen LogP contribution in [0.3, 0.4) is 0 Å². The maximum Gasteiger partial charge on any atom is 0.193 e. The molecule has 0 radical (unpaired) electrons. The van der Waals surface area contributed by atoms with Gasteiger partial charge in [0.2, 0.25) is 0 Å². The summed E-state index contributed by atoms with van der Waals surface area (Å²) in [5.74, 6) is 0.808. The summed E-state index contributed by atoms with van der Waals surface area (Å²) < 4.78 is 30.4. The van der Waals surface area contributed by atoms with E-state index in [0.29, 0.717) is 11.0 Å². The van der Waals surface area contributed by atoms with Gasteiger partial charge < -0.3 is 15.0 Å². The van der Waals surface area contributed by atoms with E-state index in [9.17, 15) is 8.42 Å². The fraction of sp³-hybridized carbons (Fsp3) is 0.611. The zero-order chi connectivity index (χ0) is 18.1. The van der Waals surface area contributed by atoms with E-state index in [-0.39, 0.29) is 12.3 Å². The summed E-state index contributed by atoms with van der Waals surface area (Å²) in [7, 11) is -3.29. The summed E-state index contributed by atoms with van der Waals surface area (Å²) in [6.45, 7) is 7.55. The first-order chi connectivity index (χ1) is 12.1. The highest BCUT2D eigenvalue weighted by Gasteiger charge is 2.21. The number of nitrogens with one attached hydrogen (secondary N) is 1. The molecule has 1 N–H and O–H groups in total. The maximum atomic E-state index is 12.3. The van der Waals surface area contributed by atoms with Gasteiger partial charge in [-0.25, -0.2) is 8.42 Å². The fourth-order valence-corrected chi connectivity index (χ4v) is 4.05. The number of aliphatic imine (C=N–C) groups is 1. The van der Waals surface area contributed by atoms with Gasteiger partial charge in [0, 0.05) is 26.2 Å². The molecule has 0 amide bonds. The van der Waals surface area contributed by atoms with Crippen LogP contribution >= 0.6 is 0 Å². The van der Waals surface area contributed by atoms with Crippen molar-refractivity contribution in [2.75, 3.05) is 38.5 Å². The lowest BCUT2D eigenvalue weighted by molar-refractivity contribution is 0.0264. The van der Waals surface area contributed by atoms with Gasteiger partial charge in [-0.15, -0.1) is 0 Å². The summed E-state index contributed by atoms with van der Waals surface area (Å²) in [4.78, 5) is 7.07. The fourth-order valence-electron chi connectivity index (χ4n) is 2.91. The third kappa shape index (κ3) is 6.01. The largest absolute Gasteiger partial charge is 0.378 e. The molecule has 25 heavy (non-hydrogen) atoms. The Morgan fingerprint density at radius 3 is 2.52 bits per heavy atom. The van der Waals surface area contributed by atoms with Crippen LogP contribution in [-0.4, -0.2) is 63.9 Å². The van der Waals surface area contributed by atoms with Gasteiger partial charge in [-0.2, -0.15) is 0 Å². The van der Waals surface area contributed by atoms with E-state index in [4.69, 9.17) is 4.74 Å². The molecular formula is C18H29N3O3S. The lowest BCUT2D eigenvalue weighted by atomic mass is 10.1. The van der Waals surface area contributed by atoms with E-state index in [1.807, 2.05) is 19.9 Å². The van der Waals surface area contributed by atoms with Crippen molar-refractivity contribution in [3.63, 3.8) is 0 Å². The Morgan fingerprint density at radius 1 is 1.24 bits per heavy atom. The van der Waals surface area contributed by atoms with Crippen molar-refractivity contribution < 1.29 is 13.2 Å². The summed E-state index contributed by atoms with van der Waals surface area (Å²) >= 11 is 0. The van der Waals surface area contributed by atoms with Gasteiger partial charge in [0.25, 0.3) is 0 Å². The van der Waals surface area contributed by atoms with Gasteiger partial charge in [0.1, 0.15) is 0 Å². The molecule has 0 atom stereocenters. The van der Waals surface area contributed by atoms with Crippen molar-refractivity contribution in [2.45, 2.75) is 37.7 Å². The van der Waals surface area contributed by atoms with Gasteiger partial charge >= 0.3 is 0 Å². The van der Waals surface area contributed by atoms with Crippen molar-refractivity contribution in [1.82, 2.24) is 10.2 Å². The van der Waals surface area contributed by atoms with Crippen molar-refractivity contribution in [3.05, 3.63) is 30.3 Å². The highest BCUT2D eigenvalue weighted by atomic mass is 32.2. The first kappa shape index (κ1) is 19.7. The second-order valence-electron chi connectivity index (χ2n) is 6.01. The van der Waals surface area contributed by atoms with Crippen LogP contribution in [0.25, 0.3) is 0 Å². The second kappa shape index (κ2) is 9.77. The van der Waals surface area contributed by atoms with Crippen LogP contribution < -0.4 is 5.32 Å². The average molecular weight is 368 g/mol. The smallest absolute Gasteiger partial charge is 0.193 e. The highest BCUT2D eigenvalue weighted by molar-refractivity contribution is 7.91. The number of nitrogens with zero attached hydrogens (tertiary/aromatic N) is 2. The number of piperidine rings is 1. The zero-order valence-corrected chi connectivity index (χ0v) is 16.0.